The summed E-state index contributed by atoms with van der Waals surface area (Å²) in [5.41, 5.74) is 0. The van der Waals surface area contributed by atoms with E-state index in [1.54, 1.807) is 0 Å². The van der Waals surface area contributed by atoms with Gasteiger partial charge < -0.3 is 29.2 Å². The Hall–Kier alpha value is -0.250. The van der Waals surface area contributed by atoms with E-state index in [0.29, 0.717) is 0 Å². The predicted octanol–water partition coefficient (Wildman–Crippen LogP) is -0.559. The maximum atomic E-state index is 9.82. The van der Waals surface area contributed by atoms with E-state index in [1.165, 1.54) is 14.2 Å². The van der Waals surface area contributed by atoms with Crippen molar-refractivity contribution in [2.75, 3.05) is 20.8 Å². The third-order valence-electron chi connectivity index (χ3n) is 2.52. The molecule has 1 aliphatic rings. The normalized spacial score (nSPS) is 37.8. The fraction of sp³-hybridized carbons (Fsp3) is 0.889. The van der Waals surface area contributed by atoms with Crippen LogP contribution in [0.1, 0.15) is 0 Å². The Morgan fingerprint density at radius 3 is 2.41 bits per heavy atom. The van der Waals surface area contributed by atoms with Crippen molar-refractivity contribution in [2.45, 2.75) is 30.7 Å². The maximum Gasteiger partial charge on any atom is 0.251 e. The summed E-state index contributed by atoms with van der Waals surface area (Å²) in [6.07, 6.45) is -4.67. The van der Waals surface area contributed by atoms with E-state index >= 15 is 0 Å². The predicted molar refractivity (Wildman–Crippen MR) is 61.1 cm³/mol. The molecule has 0 radical (unpaired) electrons. The van der Waals surface area contributed by atoms with Gasteiger partial charge in [-0.1, -0.05) is 0 Å². The van der Waals surface area contributed by atoms with Crippen LogP contribution >= 0.6 is 15.9 Å². The Kier molecular flexibility index (Phi) is 5.77. The first-order valence-electron chi connectivity index (χ1n) is 4.95. The molecule has 0 spiro atoms. The Labute approximate surface area is 107 Å². The van der Waals surface area contributed by atoms with Gasteiger partial charge in [0.05, 0.1) is 0 Å². The second-order valence-electron chi connectivity index (χ2n) is 3.54. The monoisotopic (exact) mass is 313 g/mol. The standard InChI is InChI=1S/C9H16BrNO6/c1-14-7-4(3-16-9(10)11)17-8(15-2)6(13)5(7)12/h4-8,11-13H,3H2,1-2H3/t4?,5-,6?,7-,8-/m0/s1. The van der Waals surface area contributed by atoms with Gasteiger partial charge in [0.15, 0.2) is 6.29 Å². The average Bonchev–Trinajstić information content (AvgIpc) is 2.30. The summed E-state index contributed by atoms with van der Waals surface area (Å²) in [7, 11) is 2.75. The summed E-state index contributed by atoms with van der Waals surface area (Å²) in [6, 6.07) is 0. The average molecular weight is 314 g/mol. The van der Waals surface area contributed by atoms with E-state index in [4.69, 9.17) is 24.4 Å². The summed E-state index contributed by atoms with van der Waals surface area (Å²) in [5, 5.41) is 26.6. The van der Waals surface area contributed by atoms with Crippen LogP contribution < -0.4 is 0 Å². The SMILES string of the molecule is CO[C@H]1OC(COC(=N)Br)[C@H](OC)[C@@H](O)C1O. The quantitative estimate of drug-likeness (QED) is 0.475. The summed E-state index contributed by atoms with van der Waals surface area (Å²) < 4.78 is 20.3. The number of nitrogens with one attached hydrogen (secondary N) is 1. The van der Waals surface area contributed by atoms with E-state index in [9.17, 15) is 10.2 Å². The van der Waals surface area contributed by atoms with Gasteiger partial charge in [0.1, 0.15) is 31.0 Å². The van der Waals surface area contributed by atoms with Crippen LogP contribution in [0.25, 0.3) is 0 Å². The first-order valence-corrected chi connectivity index (χ1v) is 5.74. The van der Waals surface area contributed by atoms with Gasteiger partial charge in [-0.3, -0.25) is 5.41 Å². The van der Waals surface area contributed by atoms with Crippen molar-refractivity contribution in [3.63, 3.8) is 0 Å². The van der Waals surface area contributed by atoms with Crippen molar-refractivity contribution in [1.82, 2.24) is 0 Å². The lowest BCUT2D eigenvalue weighted by Crippen LogP contribution is -2.59. The Morgan fingerprint density at radius 1 is 1.29 bits per heavy atom. The van der Waals surface area contributed by atoms with E-state index in [-0.39, 0.29) is 11.4 Å². The van der Waals surface area contributed by atoms with Crippen LogP contribution in [0.3, 0.4) is 0 Å². The lowest BCUT2D eigenvalue weighted by atomic mass is 9.99. The zero-order valence-corrected chi connectivity index (χ0v) is 11.1. The first kappa shape index (κ1) is 14.8. The van der Waals surface area contributed by atoms with Crippen molar-refractivity contribution in [2.24, 2.45) is 0 Å². The van der Waals surface area contributed by atoms with Gasteiger partial charge in [0.25, 0.3) is 4.81 Å². The molecule has 8 heteroatoms. The summed E-state index contributed by atoms with van der Waals surface area (Å²) in [6.45, 7) is 0.00618. The molecule has 0 amide bonds. The highest BCUT2D eigenvalue weighted by atomic mass is 79.9. The molecule has 1 fully saturated rings. The van der Waals surface area contributed by atoms with Crippen LogP contribution in [-0.2, 0) is 18.9 Å². The van der Waals surface area contributed by atoms with E-state index in [1.807, 2.05) is 0 Å². The lowest BCUT2D eigenvalue weighted by Gasteiger charge is -2.41. The second-order valence-corrected chi connectivity index (χ2v) is 4.27. The fourth-order valence-corrected chi connectivity index (χ4v) is 1.81. The minimum atomic E-state index is -1.19. The van der Waals surface area contributed by atoms with Gasteiger partial charge in [0.2, 0.25) is 0 Å². The van der Waals surface area contributed by atoms with Crippen LogP contribution in [-0.4, -0.2) is 66.6 Å². The molecule has 5 atom stereocenters. The molecule has 0 bridgehead atoms. The van der Waals surface area contributed by atoms with Gasteiger partial charge in [0, 0.05) is 30.1 Å². The molecule has 100 valence electrons. The van der Waals surface area contributed by atoms with Gasteiger partial charge >= 0.3 is 0 Å². The number of halogens is 1. The lowest BCUT2D eigenvalue weighted by molar-refractivity contribution is -0.297. The van der Waals surface area contributed by atoms with Gasteiger partial charge in [-0.05, 0) is 0 Å². The molecule has 0 aromatic carbocycles. The molecule has 3 N–H and O–H groups in total. The van der Waals surface area contributed by atoms with Crippen molar-refractivity contribution < 1.29 is 29.2 Å². The number of hydrogen-bond donors (Lipinski definition) is 3. The minimum Gasteiger partial charge on any atom is -0.470 e. The molecular formula is C9H16BrNO6. The molecule has 0 aromatic heterocycles. The van der Waals surface area contributed by atoms with Gasteiger partial charge in [-0.2, -0.15) is 0 Å². The summed E-state index contributed by atoms with van der Waals surface area (Å²) in [5.74, 6) is 0. The van der Waals surface area contributed by atoms with Crippen molar-refractivity contribution in [3.05, 3.63) is 0 Å². The van der Waals surface area contributed by atoms with E-state index in [0.717, 1.165) is 0 Å². The molecular weight excluding hydrogens is 298 g/mol. The fourth-order valence-electron chi connectivity index (χ4n) is 1.68. The summed E-state index contributed by atoms with van der Waals surface area (Å²) >= 11 is 2.82. The van der Waals surface area contributed by atoms with Gasteiger partial charge in [-0.25, -0.2) is 0 Å². The number of hydrogen-bond acceptors (Lipinski definition) is 7. The topological polar surface area (TPSA) is 101 Å². The molecule has 0 aromatic rings. The van der Waals surface area contributed by atoms with Crippen molar-refractivity contribution in [1.29, 1.82) is 5.41 Å². The zero-order valence-electron chi connectivity index (χ0n) is 9.50. The molecule has 2 unspecified atom stereocenters. The van der Waals surface area contributed by atoms with Crippen LogP contribution in [0.2, 0.25) is 0 Å². The van der Waals surface area contributed by atoms with Crippen LogP contribution in [0.4, 0.5) is 0 Å². The van der Waals surface area contributed by atoms with Crippen molar-refractivity contribution in [3.8, 4) is 0 Å². The highest BCUT2D eigenvalue weighted by molar-refractivity contribution is 9.18. The highest BCUT2D eigenvalue weighted by Crippen LogP contribution is 2.24. The minimum absolute atomic E-state index is 0.00618. The molecule has 0 saturated carbocycles. The van der Waals surface area contributed by atoms with E-state index < -0.39 is 30.7 Å². The molecule has 1 rings (SSSR count). The number of ether oxygens (including phenoxy) is 4. The third-order valence-corrected chi connectivity index (χ3v) is 2.75. The smallest absolute Gasteiger partial charge is 0.251 e. The van der Waals surface area contributed by atoms with Crippen LogP contribution in [0, 0.1) is 5.41 Å². The third kappa shape index (κ3) is 3.60. The number of methoxy groups -OCH3 is 2. The first-order chi connectivity index (χ1) is 8.01. The number of rotatable bonds is 4. The Balaban J connectivity index is 2.68. The van der Waals surface area contributed by atoms with Crippen LogP contribution in [0.5, 0.6) is 0 Å². The Bertz CT molecular complexity index is 266. The zero-order chi connectivity index (χ0) is 13.0. The largest absolute Gasteiger partial charge is 0.470 e. The molecule has 1 aliphatic heterocycles. The molecule has 17 heavy (non-hydrogen) atoms. The molecule has 0 aliphatic carbocycles. The maximum absolute atomic E-state index is 9.82. The summed E-state index contributed by atoms with van der Waals surface area (Å²) in [4.78, 5) is -0.148. The second kappa shape index (κ2) is 6.62. The highest BCUT2D eigenvalue weighted by Gasteiger charge is 2.45. The van der Waals surface area contributed by atoms with E-state index in [2.05, 4.69) is 15.9 Å². The molecule has 7 nitrogen and oxygen atoms in total. The number of aliphatic hydroxyl groups is 2. The van der Waals surface area contributed by atoms with Crippen LogP contribution in [0.15, 0.2) is 0 Å². The van der Waals surface area contributed by atoms with Gasteiger partial charge in [-0.15, -0.1) is 0 Å². The number of aliphatic hydroxyl groups excluding tert-OH is 2. The molecule has 1 heterocycles. The van der Waals surface area contributed by atoms with Crippen molar-refractivity contribution >= 4 is 20.7 Å². The molecule has 1 saturated heterocycles. The Morgan fingerprint density at radius 2 is 1.94 bits per heavy atom.